The fraction of sp³-hybridized carbons (Fsp3) is 0.654. The van der Waals surface area contributed by atoms with Crippen molar-refractivity contribution in [3.63, 3.8) is 0 Å². The third-order valence-electron chi connectivity index (χ3n) is 6.51. The lowest BCUT2D eigenvalue weighted by Crippen LogP contribution is -2.48. The van der Waals surface area contributed by atoms with Crippen LogP contribution in [0.3, 0.4) is 0 Å². The van der Waals surface area contributed by atoms with Crippen molar-refractivity contribution in [1.82, 2.24) is 4.90 Å². The highest BCUT2D eigenvalue weighted by atomic mass is 19.3. The predicted octanol–water partition coefficient (Wildman–Crippen LogP) is 4.32. The molecule has 10 heteroatoms. The molecule has 1 heterocycles. The first-order chi connectivity index (χ1) is 16.7. The van der Waals surface area contributed by atoms with Crippen LogP contribution in [0.2, 0.25) is 0 Å². The number of rotatable bonds is 6. The van der Waals surface area contributed by atoms with Crippen LogP contribution in [0.15, 0.2) is 24.3 Å². The van der Waals surface area contributed by atoms with E-state index in [2.05, 4.69) is 0 Å². The minimum Gasteiger partial charge on any atom is -0.461 e. The lowest BCUT2D eigenvalue weighted by Gasteiger charge is -2.36. The summed E-state index contributed by atoms with van der Waals surface area (Å²) in [6.45, 7) is 7.22. The van der Waals surface area contributed by atoms with Crippen molar-refractivity contribution in [2.24, 2.45) is 5.92 Å². The van der Waals surface area contributed by atoms with Crippen molar-refractivity contribution in [3.8, 4) is 0 Å². The molecular weight excluding hydrogens is 476 g/mol. The second-order valence-electron chi connectivity index (χ2n) is 10.6. The molecular formula is C26H35F2NO7. The molecule has 2 aliphatic rings. The summed E-state index contributed by atoms with van der Waals surface area (Å²) in [6.07, 6.45) is -1.45. The normalized spacial score (nSPS) is 22.0. The summed E-state index contributed by atoms with van der Waals surface area (Å²) in [5, 5.41) is 11.6. The Balaban J connectivity index is 1.72. The largest absolute Gasteiger partial charge is 0.461 e. The van der Waals surface area contributed by atoms with Gasteiger partial charge in [0.1, 0.15) is 18.3 Å². The molecule has 0 aromatic heterocycles. The van der Waals surface area contributed by atoms with Gasteiger partial charge in [0, 0.05) is 51.6 Å². The van der Waals surface area contributed by atoms with Crippen molar-refractivity contribution >= 4 is 18.0 Å². The summed E-state index contributed by atoms with van der Waals surface area (Å²) in [7, 11) is 0. The molecule has 0 spiro atoms. The number of aliphatic hydroxyl groups is 1. The molecule has 1 aliphatic carbocycles. The average Bonchev–Trinajstić information content (AvgIpc) is 3.16. The summed E-state index contributed by atoms with van der Waals surface area (Å²) in [5.74, 6) is -5.44. The van der Waals surface area contributed by atoms with E-state index in [1.54, 1.807) is 32.9 Å². The zero-order chi connectivity index (χ0) is 26.7. The van der Waals surface area contributed by atoms with Crippen molar-refractivity contribution < 1.29 is 42.5 Å². The fourth-order valence-electron chi connectivity index (χ4n) is 4.59. The first-order valence-electron chi connectivity index (χ1n) is 12.2. The van der Waals surface area contributed by atoms with Gasteiger partial charge in [0.15, 0.2) is 5.60 Å². The van der Waals surface area contributed by atoms with E-state index < -0.39 is 60.0 Å². The number of hydrogen-bond donors (Lipinski definition) is 1. The molecule has 0 radical (unpaired) electrons. The Morgan fingerprint density at radius 1 is 1.08 bits per heavy atom. The minimum absolute atomic E-state index is 0.0101. The van der Waals surface area contributed by atoms with Gasteiger partial charge in [-0.25, -0.2) is 18.4 Å². The Bertz CT molecular complexity index is 952. The van der Waals surface area contributed by atoms with Crippen LogP contribution in [0, 0.1) is 5.92 Å². The highest BCUT2D eigenvalue weighted by Gasteiger charge is 2.55. The molecule has 1 amide bonds. The summed E-state index contributed by atoms with van der Waals surface area (Å²) in [6, 6.07) is 6.09. The number of nitrogens with zero attached hydrogens (tertiary/aromatic N) is 1. The van der Waals surface area contributed by atoms with Gasteiger partial charge < -0.3 is 24.2 Å². The third kappa shape index (κ3) is 6.93. The first kappa shape index (κ1) is 27.8. The number of hydrogen-bond acceptors (Lipinski definition) is 7. The quantitative estimate of drug-likeness (QED) is 0.448. The van der Waals surface area contributed by atoms with Gasteiger partial charge in [-0.1, -0.05) is 24.3 Å². The molecule has 0 bridgehead atoms. The van der Waals surface area contributed by atoms with Gasteiger partial charge in [0.25, 0.3) is 0 Å². The van der Waals surface area contributed by atoms with Crippen LogP contribution >= 0.6 is 0 Å². The van der Waals surface area contributed by atoms with E-state index in [0.29, 0.717) is 31.5 Å². The topological polar surface area (TPSA) is 102 Å². The van der Waals surface area contributed by atoms with E-state index in [0.717, 1.165) is 0 Å². The predicted molar refractivity (Wildman–Crippen MR) is 125 cm³/mol. The number of carbonyl (C=O) groups is 3. The Kier molecular flexibility index (Phi) is 8.27. The van der Waals surface area contributed by atoms with Crippen molar-refractivity contribution in [2.75, 3.05) is 13.1 Å². The second-order valence-corrected chi connectivity index (χ2v) is 10.6. The Morgan fingerprint density at radius 2 is 1.69 bits per heavy atom. The van der Waals surface area contributed by atoms with E-state index in [9.17, 15) is 28.3 Å². The molecule has 1 saturated carbocycles. The fourth-order valence-corrected chi connectivity index (χ4v) is 4.59. The number of alkyl halides is 2. The van der Waals surface area contributed by atoms with Crippen LogP contribution < -0.4 is 0 Å². The van der Waals surface area contributed by atoms with Crippen LogP contribution in [-0.4, -0.2) is 58.8 Å². The first-order valence-corrected chi connectivity index (χ1v) is 12.2. The maximum Gasteiger partial charge on any atom is 0.410 e. The zero-order valence-electron chi connectivity index (χ0n) is 21.2. The van der Waals surface area contributed by atoms with Crippen molar-refractivity contribution in [2.45, 2.75) is 89.6 Å². The van der Waals surface area contributed by atoms with E-state index >= 15 is 0 Å². The number of ether oxygens (including phenoxy) is 3. The SMILES string of the molecule is CC(=O)OCc1ccc([C@@](O)(C(=O)OC2CCN(C(=O)OC(C)(C)C)CC2)[C@@H]2CCC(F)(F)C2)cc1. The zero-order valence-corrected chi connectivity index (χ0v) is 21.2. The number of esters is 2. The van der Waals surface area contributed by atoms with Gasteiger partial charge in [0.05, 0.1) is 0 Å². The standard InChI is InChI=1S/C26H35F2NO7/c1-17(30)34-16-18-5-7-19(8-6-18)26(33,20-9-12-25(27,28)15-20)22(31)35-21-10-13-29(14-11-21)23(32)36-24(2,3)4/h5-8,20-21,33H,9-16H2,1-4H3/t20-,26+/m1/s1. The summed E-state index contributed by atoms with van der Waals surface area (Å²) >= 11 is 0. The van der Waals surface area contributed by atoms with E-state index in [4.69, 9.17) is 14.2 Å². The Morgan fingerprint density at radius 3 is 2.19 bits per heavy atom. The molecule has 2 atom stereocenters. The third-order valence-corrected chi connectivity index (χ3v) is 6.51. The van der Waals surface area contributed by atoms with Crippen molar-refractivity contribution in [3.05, 3.63) is 35.4 Å². The van der Waals surface area contributed by atoms with Crippen molar-refractivity contribution in [1.29, 1.82) is 0 Å². The molecule has 200 valence electrons. The highest BCUT2D eigenvalue weighted by Crippen LogP contribution is 2.48. The summed E-state index contributed by atoms with van der Waals surface area (Å²) < 4.78 is 44.1. The van der Waals surface area contributed by atoms with Crippen LogP contribution in [0.4, 0.5) is 13.6 Å². The lowest BCUT2D eigenvalue weighted by molar-refractivity contribution is -0.182. The van der Waals surface area contributed by atoms with Gasteiger partial charge >= 0.3 is 18.0 Å². The van der Waals surface area contributed by atoms with Gasteiger partial charge in [-0.15, -0.1) is 0 Å². The molecule has 1 saturated heterocycles. The van der Waals surface area contributed by atoms with Gasteiger partial charge in [-0.2, -0.15) is 0 Å². The Labute approximate surface area is 209 Å². The van der Waals surface area contributed by atoms with Gasteiger partial charge in [-0.3, -0.25) is 4.79 Å². The smallest absolute Gasteiger partial charge is 0.410 e. The van der Waals surface area contributed by atoms with Crippen LogP contribution in [0.1, 0.15) is 70.9 Å². The molecule has 3 rings (SSSR count). The molecule has 1 aliphatic heterocycles. The van der Waals surface area contributed by atoms with Crippen LogP contribution in [0.5, 0.6) is 0 Å². The Hall–Kier alpha value is -2.75. The average molecular weight is 512 g/mol. The van der Waals surface area contributed by atoms with E-state index in [-0.39, 0.29) is 18.6 Å². The molecule has 0 unspecified atom stereocenters. The number of likely N-dealkylation sites (tertiary alicyclic amines) is 1. The highest BCUT2D eigenvalue weighted by molar-refractivity contribution is 5.82. The monoisotopic (exact) mass is 511 g/mol. The number of amides is 1. The number of piperidine rings is 1. The van der Waals surface area contributed by atoms with Gasteiger partial charge in [-0.05, 0) is 38.3 Å². The number of carbonyl (C=O) groups excluding carboxylic acids is 3. The lowest BCUT2D eigenvalue weighted by atomic mass is 9.79. The number of benzene rings is 1. The molecule has 1 aromatic rings. The molecule has 1 aromatic carbocycles. The van der Waals surface area contributed by atoms with Gasteiger partial charge in [0.2, 0.25) is 5.92 Å². The van der Waals surface area contributed by atoms with E-state index in [1.807, 2.05) is 0 Å². The number of halogens is 2. The summed E-state index contributed by atoms with van der Waals surface area (Å²) in [4.78, 5) is 38.2. The molecule has 8 nitrogen and oxygen atoms in total. The maximum atomic E-state index is 14.1. The van der Waals surface area contributed by atoms with Crippen LogP contribution in [-0.2, 0) is 36.0 Å². The minimum atomic E-state index is -2.98. The molecule has 1 N–H and O–H groups in total. The molecule has 2 fully saturated rings. The summed E-state index contributed by atoms with van der Waals surface area (Å²) in [5.41, 5.74) is -2.13. The van der Waals surface area contributed by atoms with E-state index in [1.165, 1.54) is 24.0 Å². The van der Waals surface area contributed by atoms with Crippen LogP contribution in [0.25, 0.3) is 0 Å². The second kappa shape index (κ2) is 10.7. The maximum absolute atomic E-state index is 14.1. The molecule has 36 heavy (non-hydrogen) atoms.